The summed E-state index contributed by atoms with van der Waals surface area (Å²) in [5.74, 6) is -0.0622. The van der Waals surface area contributed by atoms with E-state index in [-0.39, 0.29) is 5.91 Å². The smallest absolute Gasteiger partial charge is 0.263 e. The van der Waals surface area contributed by atoms with E-state index in [1.165, 1.54) is 16.9 Å². The first-order valence-corrected chi connectivity index (χ1v) is 8.71. The van der Waals surface area contributed by atoms with Crippen LogP contribution in [-0.4, -0.2) is 15.9 Å². The van der Waals surface area contributed by atoms with Crippen molar-refractivity contribution in [2.24, 2.45) is 0 Å². The fourth-order valence-electron chi connectivity index (χ4n) is 2.43. The van der Waals surface area contributed by atoms with Crippen molar-refractivity contribution in [2.45, 2.75) is 26.3 Å². The largest absolute Gasteiger partial charge is 0.347 e. The van der Waals surface area contributed by atoms with Crippen LogP contribution in [0.3, 0.4) is 0 Å². The number of nitrogens with zero attached hydrogens (tertiary/aromatic N) is 2. The molecule has 2 aromatic heterocycles. The van der Waals surface area contributed by atoms with E-state index in [1.807, 2.05) is 37.3 Å². The zero-order valence-electron chi connectivity index (χ0n) is 13.5. The highest BCUT2D eigenvalue weighted by atomic mass is 32.1. The lowest BCUT2D eigenvalue weighted by molar-refractivity contribution is 0.0954. The molecule has 0 aliphatic rings. The summed E-state index contributed by atoms with van der Waals surface area (Å²) >= 11 is 1.49. The highest BCUT2D eigenvalue weighted by molar-refractivity contribution is 7.13. The quantitative estimate of drug-likeness (QED) is 0.748. The molecule has 4 nitrogen and oxygen atoms in total. The van der Waals surface area contributed by atoms with Crippen LogP contribution in [0.2, 0.25) is 0 Å². The Bertz CT molecular complexity index is 800. The molecule has 0 aliphatic carbocycles. The average Bonchev–Trinajstić information content (AvgIpc) is 3.00. The number of carbonyl (C=O) groups is 1. The Labute approximate surface area is 145 Å². The molecular formula is C19H19N3OS. The van der Waals surface area contributed by atoms with E-state index < -0.39 is 0 Å². The van der Waals surface area contributed by atoms with Gasteiger partial charge in [0.25, 0.3) is 5.91 Å². The minimum absolute atomic E-state index is 0.0622. The summed E-state index contributed by atoms with van der Waals surface area (Å²) in [6.45, 7) is 2.39. The lowest BCUT2D eigenvalue weighted by atomic mass is 10.1. The van der Waals surface area contributed by atoms with Crippen molar-refractivity contribution in [1.29, 1.82) is 0 Å². The van der Waals surface area contributed by atoms with Gasteiger partial charge in [0.15, 0.2) is 0 Å². The van der Waals surface area contributed by atoms with Gasteiger partial charge < -0.3 is 5.32 Å². The van der Waals surface area contributed by atoms with Gasteiger partial charge in [0.1, 0.15) is 4.88 Å². The number of nitrogens with one attached hydrogen (secondary N) is 1. The molecule has 1 aromatic carbocycles. The van der Waals surface area contributed by atoms with Crippen molar-refractivity contribution >= 4 is 17.2 Å². The van der Waals surface area contributed by atoms with Crippen molar-refractivity contribution in [3.8, 4) is 0 Å². The minimum atomic E-state index is -0.0622. The molecule has 0 spiro atoms. The Morgan fingerprint density at radius 2 is 1.79 bits per heavy atom. The highest BCUT2D eigenvalue weighted by Crippen LogP contribution is 2.20. The predicted octanol–water partition coefficient (Wildman–Crippen LogP) is 3.56. The van der Waals surface area contributed by atoms with Crippen molar-refractivity contribution in [3.63, 3.8) is 0 Å². The number of amides is 1. The van der Waals surface area contributed by atoms with Gasteiger partial charge in [-0.1, -0.05) is 30.3 Å². The molecule has 0 saturated carbocycles. The van der Waals surface area contributed by atoms with Gasteiger partial charge in [-0.3, -0.25) is 9.78 Å². The van der Waals surface area contributed by atoms with Gasteiger partial charge in [0, 0.05) is 25.4 Å². The van der Waals surface area contributed by atoms with Crippen molar-refractivity contribution < 1.29 is 4.79 Å². The first kappa shape index (κ1) is 16.3. The topological polar surface area (TPSA) is 54.9 Å². The Morgan fingerprint density at radius 1 is 1.04 bits per heavy atom. The first-order valence-electron chi connectivity index (χ1n) is 7.89. The van der Waals surface area contributed by atoms with Crippen molar-refractivity contribution in [1.82, 2.24) is 15.3 Å². The number of hydrogen-bond donors (Lipinski definition) is 1. The Kier molecular flexibility index (Phi) is 5.33. The fourth-order valence-corrected chi connectivity index (χ4v) is 3.41. The van der Waals surface area contributed by atoms with Gasteiger partial charge in [-0.15, -0.1) is 11.3 Å². The molecule has 0 atom stereocenters. The Hall–Kier alpha value is -2.53. The maximum atomic E-state index is 12.4. The molecule has 0 fully saturated rings. The lowest BCUT2D eigenvalue weighted by Gasteiger charge is -2.03. The number of aromatic nitrogens is 2. The molecule has 1 N–H and O–H groups in total. The summed E-state index contributed by atoms with van der Waals surface area (Å²) in [7, 11) is 0. The lowest BCUT2D eigenvalue weighted by Crippen LogP contribution is -2.22. The summed E-state index contributed by atoms with van der Waals surface area (Å²) in [6, 6.07) is 14.1. The summed E-state index contributed by atoms with van der Waals surface area (Å²) in [5, 5.41) is 3.95. The third-order valence-electron chi connectivity index (χ3n) is 3.72. The standard InChI is InChI=1S/C19H19N3OS/c1-14-18(19(23)21-13-16-9-11-20-12-10-16)24-17(22-14)8-7-15-5-3-2-4-6-15/h2-6,9-12H,7-8,13H2,1H3,(H,21,23). The number of thiazole rings is 1. The van der Waals surface area contributed by atoms with E-state index in [0.717, 1.165) is 29.1 Å². The molecule has 3 aromatic rings. The van der Waals surface area contributed by atoms with Crippen LogP contribution in [0.1, 0.15) is 31.5 Å². The van der Waals surface area contributed by atoms with Crippen LogP contribution >= 0.6 is 11.3 Å². The van der Waals surface area contributed by atoms with Crippen LogP contribution in [0.15, 0.2) is 54.9 Å². The second-order valence-electron chi connectivity index (χ2n) is 5.55. The van der Waals surface area contributed by atoms with Gasteiger partial charge in [-0.05, 0) is 36.6 Å². The average molecular weight is 337 g/mol. The molecule has 3 rings (SSSR count). The zero-order valence-corrected chi connectivity index (χ0v) is 14.3. The van der Waals surface area contributed by atoms with Gasteiger partial charge in [-0.25, -0.2) is 4.98 Å². The van der Waals surface area contributed by atoms with Gasteiger partial charge in [0.05, 0.1) is 10.7 Å². The van der Waals surface area contributed by atoms with E-state index in [0.29, 0.717) is 11.4 Å². The van der Waals surface area contributed by atoms with Gasteiger partial charge in [0.2, 0.25) is 0 Å². The molecule has 24 heavy (non-hydrogen) atoms. The van der Waals surface area contributed by atoms with E-state index in [1.54, 1.807) is 12.4 Å². The highest BCUT2D eigenvalue weighted by Gasteiger charge is 2.15. The molecule has 5 heteroatoms. The van der Waals surface area contributed by atoms with Crippen LogP contribution in [-0.2, 0) is 19.4 Å². The van der Waals surface area contributed by atoms with E-state index in [4.69, 9.17) is 0 Å². The molecule has 0 bridgehead atoms. The summed E-state index contributed by atoms with van der Waals surface area (Å²) in [5.41, 5.74) is 3.12. The van der Waals surface area contributed by atoms with E-state index in [9.17, 15) is 4.79 Å². The van der Waals surface area contributed by atoms with E-state index >= 15 is 0 Å². The molecular weight excluding hydrogens is 318 g/mol. The first-order chi connectivity index (χ1) is 11.7. The van der Waals surface area contributed by atoms with Gasteiger partial charge >= 0.3 is 0 Å². The van der Waals surface area contributed by atoms with Crippen LogP contribution in [0.5, 0.6) is 0 Å². The fraction of sp³-hybridized carbons (Fsp3) is 0.211. The van der Waals surface area contributed by atoms with E-state index in [2.05, 4.69) is 27.4 Å². The third-order valence-corrected chi connectivity index (χ3v) is 4.94. The van der Waals surface area contributed by atoms with Crippen molar-refractivity contribution in [3.05, 3.63) is 81.6 Å². The molecule has 0 saturated heterocycles. The molecule has 122 valence electrons. The number of pyridine rings is 1. The number of aryl methyl sites for hydroxylation is 3. The predicted molar refractivity (Wildman–Crippen MR) is 96.1 cm³/mol. The number of benzene rings is 1. The molecule has 2 heterocycles. The maximum absolute atomic E-state index is 12.4. The maximum Gasteiger partial charge on any atom is 0.263 e. The third kappa shape index (κ3) is 4.26. The van der Waals surface area contributed by atoms with Gasteiger partial charge in [-0.2, -0.15) is 0 Å². The summed E-state index contributed by atoms with van der Waals surface area (Å²) in [6.07, 6.45) is 5.24. The normalized spacial score (nSPS) is 10.5. The van der Waals surface area contributed by atoms with Crippen molar-refractivity contribution in [2.75, 3.05) is 0 Å². The number of rotatable bonds is 6. The molecule has 0 radical (unpaired) electrons. The number of carbonyl (C=O) groups excluding carboxylic acids is 1. The summed E-state index contributed by atoms with van der Waals surface area (Å²) < 4.78 is 0. The molecule has 1 amide bonds. The zero-order chi connectivity index (χ0) is 16.8. The Balaban J connectivity index is 1.59. The van der Waals surface area contributed by atoms with Crippen LogP contribution in [0.25, 0.3) is 0 Å². The SMILES string of the molecule is Cc1nc(CCc2ccccc2)sc1C(=O)NCc1ccncc1. The minimum Gasteiger partial charge on any atom is -0.347 e. The second kappa shape index (κ2) is 7.84. The summed E-state index contributed by atoms with van der Waals surface area (Å²) in [4.78, 5) is 21.6. The Morgan fingerprint density at radius 3 is 2.54 bits per heavy atom. The van der Waals surface area contributed by atoms with Crippen LogP contribution in [0, 0.1) is 6.92 Å². The monoisotopic (exact) mass is 337 g/mol. The molecule has 0 aliphatic heterocycles. The molecule has 0 unspecified atom stereocenters. The van der Waals surface area contributed by atoms with Crippen LogP contribution < -0.4 is 5.32 Å². The number of hydrogen-bond acceptors (Lipinski definition) is 4. The van der Waals surface area contributed by atoms with Crippen LogP contribution in [0.4, 0.5) is 0 Å². The second-order valence-corrected chi connectivity index (χ2v) is 6.63.